The quantitative estimate of drug-likeness (QED) is 0.204. The highest BCUT2D eigenvalue weighted by atomic mass is 16.5. The molecule has 170 valence electrons. The summed E-state index contributed by atoms with van der Waals surface area (Å²) in [6.07, 6.45) is 12.6. The number of carbonyl (C=O) groups excluding carboxylic acids is 2. The number of unbranched alkanes of at least 4 members (excludes halogenated alkanes) is 8. The molecule has 0 radical (unpaired) electrons. The molecule has 0 aromatic rings. The molecule has 0 fully saturated rings. The molecule has 0 aliphatic carbocycles. The maximum atomic E-state index is 11.9. The smallest absolute Gasteiger partial charge is 0.305 e. The molecular weight excluding hydrogens is 372 g/mol. The van der Waals surface area contributed by atoms with E-state index in [4.69, 9.17) is 14.6 Å². The van der Waals surface area contributed by atoms with Gasteiger partial charge in [-0.3, -0.25) is 14.4 Å². The van der Waals surface area contributed by atoms with Gasteiger partial charge >= 0.3 is 17.9 Å². The van der Waals surface area contributed by atoms with Gasteiger partial charge in [0.25, 0.3) is 0 Å². The van der Waals surface area contributed by atoms with Gasteiger partial charge in [0.2, 0.25) is 0 Å². The largest absolute Gasteiger partial charge is 0.481 e. The molecule has 0 aromatic heterocycles. The zero-order valence-electron chi connectivity index (χ0n) is 18.6. The van der Waals surface area contributed by atoms with Crippen LogP contribution >= 0.6 is 0 Å². The molecule has 0 aromatic carbocycles. The summed E-state index contributed by atoms with van der Waals surface area (Å²) < 4.78 is 10.7. The van der Waals surface area contributed by atoms with E-state index in [1.165, 1.54) is 25.7 Å². The Morgan fingerprint density at radius 3 is 1.52 bits per heavy atom. The summed E-state index contributed by atoms with van der Waals surface area (Å²) >= 11 is 0. The van der Waals surface area contributed by atoms with Gasteiger partial charge in [0.05, 0.1) is 13.2 Å². The van der Waals surface area contributed by atoms with Crippen LogP contribution < -0.4 is 0 Å². The molecule has 0 saturated heterocycles. The van der Waals surface area contributed by atoms with Gasteiger partial charge in [0, 0.05) is 25.2 Å². The third kappa shape index (κ3) is 19.5. The molecule has 0 spiro atoms. The molecule has 0 rings (SSSR count). The van der Waals surface area contributed by atoms with Gasteiger partial charge < -0.3 is 14.6 Å². The molecule has 0 amide bonds. The second kappa shape index (κ2) is 19.7. The summed E-state index contributed by atoms with van der Waals surface area (Å²) in [4.78, 5) is 34.5. The van der Waals surface area contributed by atoms with Crippen LogP contribution in [0.2, 0.25) is 0 Å². The molecule has 0 aliphatic heterocycles. The first-order chi connectivity index (χ1) is 14.0. The normalized spacial score (nSPS) is 10.9. The third-order valence-corrected chi connectivity index (χ3v) is 4.93. The monoisotopic (exact) mass is 414 g/mol. The number of carboxylic acids is 1. The summed E-state index contributed by atoms with van der Waals surface area (Å²) in [6, 6.07) is 0. The van der Waals surface area contributed by atoms with Gasteiger partial charge in [-0.05, 0) is 25.7 Å². The number of hydrogen-bond donors (Lipinski definition) is 1. The van der Waals surface area contributed by atoms with Crippen LogP contribution in [0.4, 0.5) is 0 Å². The summed E-state index contributed by atoms with van der Waals surface area (Å²) in [5.74, 6) is -1.46. The van der Waals surface area contributed by atoms with Gasteiger partial charge in [-0.25, -0.2) is 0 Å². The fraction of sp³-hybridized carbons (Fsp3) is 0.870. The molecule has 29 heavy (non-hydrogen) atoms. The van der Waals surface area contributed by atoms with Crippen molar-refractivity contribution < 1.29 is 29.0 Å². The highest BCUT2D eigenvalue weighted by molar-refractivity contribution is 5.69. The van der Waals surface area contributed by atoms with Crippen molar-refractivity contribution in [3.63, 3.8) is 0 Å². The van der Waals surface area contributed by atoms with Crippen molar-refractivity contribution in [1.82, 2.24) is 0 Å². The first-order valence-corrected chi connectivity index (χ1v) is 11.5. The predicted molar refractivity (Wildman–Crippen MR) is 114 cm³/mol. The molecule has 0 heterocycles. The molecule has 1 N–H and O–H groups in total. The Bertz CT molecular complexity index is 405. The highest BCUT2D eigenvalue weighted by Gasteiger charge is 2.15. The molecule has 0 aliphatic rings. The lowest BCUT2D eigenvalue weighted by molar-refractivity contribution is -0.149. The van der Waals surface area contributed by atoms with Gasteiger partial charge in [-0.15, -0.1) is 0 Å². The first-order valence-electron chi connectivity index (χ1n) is 11.5. The van der Waals surface area contributed by atoms with Crippen LogP contribution in [0.15, 0.2) is 0 Å². The zero-order chi connectivity index (χ0) is 21.7. The fourth-order valence-electron chi connectivity index (χ4n) is 3.07. The highest BCUT2D eigenvalue weighted by Crippen LogP contribution is 2.13. The molecule has 6 heteroatoms. The van der Waals surface area contributed by atoms with Crippen molar-refractivity contribution in [2.24, 2.45) is 5.92 Å². The Hall–Kier alpha value is -1.59. The first kappa shape index (κ1) is 27.4. The van der Waals surface area contributed by atoms with Crippen LogP contribution in [0.1, 0.15) is 110 Å². The van der Waals surface area contributed by atoms with Crippen LogP contribution in [-0.2, 0) is 23.9 Å². The standard InChI is InChI=1S/C23H42O6/c1-3-5-7-9-11-16-22(26)28-18-20(14-13-15-21(24)25)19-29-23(27)17-12-10-8-6-4-2/h20H,3-19H2,1-2H3,(H,24,25). The summed E-state index contributed by atoms with van der Waals surface area (Å²) in [7, 11) is 0. The maximum Gasteiger partial charge on any atom is 0.305 e. The minimum atomic E-state index is -0.850. The van der Waals surface area contributed by atoms with Crippen LogP contribution in [0.5, 0.6) is 0 Å². The molecule has 0 saturated carbocycles. The van der Waals surface area contributed by atoms with Crippen molar-refractivity contribution in [3.05, 3.63) is 0 Å². The lowest BCUT2D eigenvalue weighted by Gasteiger charge is -2.17. The van der Waals surface area contributed by atoms with Crippen LogP contribution in [-0.4, -0.2) is 36.2 Å². The molecule has 0 unspecified atom stereocenters. The van der Waals surface area contributed by atoms with Crippen molar-refractivity contribution in [3.8, 4) is 0 Å². The number of esters is 2. The maximum absolute atomic E-state index is 11.9. The van der Waals surface area contributed by atoms with E-state index >= 15 is 0 Å². The van der Waals surface area contributed by atoms with E-state index in [1.807, 2.05) is 0 Å². The van der Waals surface area contributed by atoms with Crippen molar-refractivity contribution in [2.75, 3.05) is 13.2 Å². The zero-order valence-corrected chi connectivity index (χ0v) is 18.6. The summed E-state index contributed by atoms with van der Waals surface area (Å²) in [5, 5.41) is 8.81. The number of carbonyl (C=O) groups is 3. The summed E-state index contributed by atoms with van der Waals surface area (Å²) in [6.45, 7) is 4.66. The summed E-state index contributed by atoms with van der Waals surface area (Å²) in [5.41, 5.74) is 0. The van der Waals surface area contributed by atoms with Crippen molar-refractivity contribution in [1.29, 1.82) is 0 Å². The van der Waals surface area contributed by atoms with E-state index < -0.39 is 5.97 Å². The topological polar surface area (TPSA) is 89.9 Å². The Morgan fingerprint density at radius 1 is 0.655 bits per heavy atom. The Morgan fingerprint density at radius 2 is 1.10 bits per heavy atom. The number of hydrogen-bond acceptors (Lipinski definition) is 5. The average molecular weight is 415 g/mol. The van der Waals surface area contributed by atoms with E-state index in [9.17, 15) is 14.4 Å². The van der Waals surface area contributed by atoms with E-state index in [-0.39, 0.29) is 37.5 Å². The predicted octanol–water partition coefficient (Wildman–Crippen LogP) is 5.66. The minimum absolute atomic E-state index is 0.0627. The lowest BCUT2D eigenvalue weighted by Crippen LogP contribution is -2.21. The molecule has 6 nitrogen and oxygen atoms in total. The molecule has 0 atom stereocenters. The van der Waals surface area contributed by atoms with E-state index in [2.05, 4.69) is 13.8 Å². The van der Waals surface area contributed by atoms with E-state index in [1.54, 1.807) is 0 Å². The van der Waals surface area contributed by atoms with Crippen LogP contribution in [0, 0.1) is 5.92 Å². The van der Waals surface area contributed by atoms with Gasteiger partial charge in [0.15, 0.2) is 0 Å². The third-order valence-electron chi connectivity index (χ3n) is 4.93. The SMILES string of the molecule is CCCCCCCC(=O)OCC(CCCC(=O)O)COC(=O)CCCCCCC. The van der Waals surface area contributed by atoms with Crippen molar-refractivity contribution in [2.45, 2.75) is 110 Å². The second-order valence-corrected chi connectivity index (χ2v) is 7.85. The van der Waals surface area contributed by atoms with Crippen molar-refractivity contribution >= 4 is 17.9 Å². The molecule has 0 bridgehead atoms. The van der Waals surface area contributed by atoms with E-state index in [0.29, 0.717) is 25.7 Å². The average Bonchev–Trinajstić information content (AvgIpc) is 2.69. The Kier molecular flexibility index (Phi) is 18.6. The van der Waals surface area contributed by atoms with E-state index in [0.717, 1.165) is 38.5 Å². The van der Waals surface area contributed by atoms with Gasteiger partial charge in [0.1, 0.15) is 0 Å². The fourth-order valence-corrected chi connectivity index (χ4v) is 3.07. The number of ether oxygens (including phenoxy) is 2. The van der Waals surface area contributed by atoms with Crippen LogP contribution in [0.25, 0.3) is 0 Å². The number of carboxylic acid groups (broad SMARTS) is 1. The number of rotatable bonds is 20. The Balaban J connectivity index is 4.14. The number of aliphatic carboxylic acids is 1. The molecular formula is C23H42O6. The Labute approximate surface area is 176 Å². The second-order valence-electron chi connectivity index (χ2n) is 7.85. The lowest BCUT2D eigenvalue weighted by atomic mass is 10.0. The van der Waals surface area contributed by atoms with Crippen LogP contribution in [0.3, 0.4) is 0 Å². The van der Waals surface area contributed by atoms with Gasteiger partial charge in [-0.2, -0.15) is 0 Å². The minimum Gasteiger partial charge on any atom is -0.481 e. The van der Waals surface area contributed by atoms with Gasteiger partial charge in [-0.1, -0.05) is 65.2 Å².